The van der Waals surface area contributed by atoms with Crippen molar-refractivity contribution < 1.29 is 9.53 Å². The molecule has 264 valence electrons. The molecule has 0 bridgehead atoms. The minimum absolute atomic E-state index is 0.127. The molecule has 0 aliphatic heterocycles. The summed E-state index contributed by atoms with van der Waals surface area (Å²) in [4.78, 5) is 22.6. The Balaban J connectivity index is 1.14. The minimum Gasteiger partial charge on any atom is -0.464 e. The van der Waals surface area contributed by atoms with Crippen LogP contribution >= 0.6 is 0 Å². The highest BCUT2D eigenvalue weighted by Gasteiger charge is 2.69. The van der Waals surface area contributed by atoms with Crippen LogP contribution in [0.1, 0.15) is 61.4 Å². The third-order valence-corrected chi connectivity index (χ3v) is 13.2. The van der Waals surface area contributed by atoms with Gasteiger partial charge in [-0.05, 0) is 113 Å². The number of carbonyl (C=O) groups is 1. The summed E-state index contributed by atoms with van der Waals surface area (Å²) in [7, 11) is 1.39. The summed E-state index contributed by atoms with van der Waals surface area (Å²) in [5.41, 5.74) is 17.4. The van der Waals surface area contributed by atoms with Crippen molar-refractivity contribution in [2.24, 2.45) is 0 Å². The van der Waals surface area contributed by atoms with Crippen molar-refractivity contribution in [1.82, 2.24) is 19.1 Å². The van der Waals surface area contributed by atoms with E-state index < -0.39 is 5.97 Å². The van der Waals surface area contributed by atoms with Gasteiger partial charge in [-0.3, -0.25) is 0 Å². The van der Waals surface area contributed by atoms with Gasteiger partial charge >= 0.3 is 5.97 Å². The Hall–Kier alpha value is -7.05. The first-order valence-electron chi connectivity index (χ1n) is 19.2. The fourth-order valence-electron chi connectivity index (χ4n) is 11.1. The largest absolute Gasteiger partial charge is 0.464 e. The Kier molecular flexibility index (Phi) is 5.61. The summed E-state index contributed by atoms with van der Waals surface area (Å²) >= 11 is 0. The lowest BCUT2D eigenvalue weighted by atomic mass is 9.43. The number of fused-ring (bicyclic) bond motifs is 14. The standard InChI is InChI=1S/C50H32N4O2/c1-27-48(49(55)56-2)52-41-24-35-34(23-40(41)51-27)47-37-25-44-33(31-18-10-12-20-43(31)53(44)28-13-5-3-6-14-28)22-38(37)50(47)39-26-45-32(21-36(39)46(35)50)30-17-9-11-19-42(30)54(45)29-15-7-4-8-16-29/h3-26,46-47H,1-2H3. The number of aryl methyl sites for hydroxylation is 1. The molecule has 7 aromatic carbocycles. The van der Waals surface area contributed by atoms with Gasteiger partial charge in [-0.1, -0.05) is 72.8 Å². The lowest BCUT2D eigenvalue weighted by Crippen LogP contribution is -2.52. The Morgan fingerprint density at radius 3 is 1.64 bits per heavy atom. The molecule has 0 saturated heterocycles. The lowest BCUT2D eigenvalue weighted by Gasteiger charge is -2.58. The van der Waals surface area contributed by atoms with E-state index in [-0.39, 0.29) is 22.9 Å². The first kappa shape index (κ1) is 30.3. The maximum atomic E-state index is 12.8. The van der Waals surface area contributed by atoms with Crippen molar-refractivity contribution >= 4 is 60.6 Å². The van der Waals surface area contributed by atoms with E-state index in [4.69, 9.17) is 14.7 Å². The molecule has 13 rings (SSSR count). The number of nitrogens with zero attached hydrogens (tertiary/aromatic N) is 4. The molecule has 10 aromatic rings. The van der Waals surface area contributed by atoms with Gasteiger partial charge in [0.2, 0.25) is 0 Å². The number of para-hydroxylation sites is 4. The number of benzene rings is 7. The van der Waals surface area contributed by atoms with E-state index in [0.29, 0.717) is 5.69 Å². The second-order valence-corrected chi connectivity index (χ2v) is 15.6. The Bertz CT molecular complexity index is 3400. The fraction of sp³-hybridized carbons (Fsp3) is 0.100. The van der Waals surface area contributed by atoms with Gasteiger partial charge in [0, 0.05) is 50.2 Å². The quantitative estimate of drug-likeness (QED) is 0.171. The van der Waals surface area contributed by atoms with Gasteiger partial charge in [0.05, 0.1) is 45.9 Å². The van der Waals surface area contributed by atoms with Gasteiger partial charge in [0.1, 0.15) is 0 Å². The molecular formula is C50H32N4O2. The van der Waals surface area contributed by atoms with Crippen LogP contribution in [0.15, 0.2) is 146 Å². The van der Waals surface area contributed by atoms with E-state index in [2.05, 4.69) is 155 Å². The van der Waals surface area contributed by atoms with Gasteiger partial charge in [0.15, 0.2) is 5.69 Å². The number of ether oxygens (including phenoxy) is 1. The van der Waals surface area contributed by atoms with Gasteiger partial charge in [0.25, 0.3) is 0 Å². The average Bonchev–Trinajstić information content (AvgIpc) is 3.80. The van der Waals surface area contributed by atoms with E-state index in [0.717, 1.165) is 22.4 Å². The number of rotatable bonds is 3. The molecule has 3 atom stereocenters. The highest BCUT2D eigenvalue weighted by molar-refractivity contribution is 6.12. The van der Waals surface area contributed by atoms with Crippen LogP contribution in [0.25, 0.3) is 66.0 Å². The fourth-order valence-corrected chi connectivity index (χ4v) is 11.1. The van der Waals surface area contributed by atoms with Crippen LogP contribution in [0.2, 0.25) is 0 Å². The number of hydrogen-bond acceptors (Lipinski definition) is 4. The predicted molar refractivity (Wildman–Crippen MR) is 222 cm³/mol. The monoisotopic (exact) mass is 720 g/mol. The molecule has 6 nitrogen and oxygen atoms in total. The molecular weight excluding hydrogens is 689 g/mol. The van der Waals surface area contributed by atoms with Crippen LogP contribution in [-0.2, 0) is 10.2 Å². The molecule has 6 heteroatoms. The SMILES string of the molecule is COC(=O)c1nc2cc3c(cc2nc1C)C1c2cc4c(cc2C12c1cc5c(cc1C32)c1ccccc1n5-c1ccccc1)c1ccccc1n4-c1ccccc1. The Morgan fingerprint density at radius 1 is 0.536 bits per heavy atom. The van der Waals surface area contributed by atoms with Crippen LogP contribution in [0.3, 0.4) is 0 Å². The van der Waals surface area contributed by atoms with Crippen LogP contribution in [0.4, 0.5) is 0 Å². The van der Waals surface area contributed by atoms with Crippen molar-refractivity contribution in [2.75, 3.05) is 7.11 Å². The molecule has 56 heavy (non-hydrogen) atoms. The molecule has 0 amide bonds. The summed E-state index contributed by atoms with van der Waals surface area (Å²) in [6.45, 7) is 1.84. The second kappa shape index (κ2) is 10.4. The molecule has 1 spiro atoms. The van der Waals surface area contributed by atoms with Gasteiger partial charge in [-0.15, -0.1) is 0 Å². The molecule has 0 saturated carbocycles. The number of esters is 1. The molecule has 3 heterocycles. The third kappa shape index (κ3) is 3.47. The zero-order valence-electron chi connectivity index (χ0n) is 30.6. The van der Waals surface area contributed by atoms with E-state index in [9.17, 15) is 4.79 Å². The lowest BCUT2D eigenvalue weighted by molar-refractivity contribution is 0.0593. The number of methoxy groups -OCH3 is 1. The smallest absolute Gasteiger partial charge is 0.358 e. The summed E-state index contributed by atoms with van der Waals surface area (Å²) < 4.78 is 9.96. The molecule has 0 radical (unpaired) electrons. The molecule has 0 N–H and O–H groups in total. The molecule has 3 aliphatic rings. The summed E-state index contributed by atoms with van der Waals surface area (Å²) in [6.07, 6.45) is 0. The molecule has 0 fully saturated rings. The highest BCUT2D eigenvalue weighted by atomic mass is 16.5. The van der Waals surface area contributed by atoms with Gasteiger partial charge < -0.3 is 13.9 Å². The zero-order chi connectivity index (χ0) is 37.0. The van der Waals surface area contributed by atoms with E-state index in [1.54, 1.807) is 0 Å². The van der Waals surface area contributed by atoms with Crippen LogP contribution in [0, 0.1) is 6.92 Å². The number of aromatic nitrogens is 4. The Labute approximate surface area is 321 Å². The number of hydrogen-bond donors (Lipinski definition) is 0. The molecule has 3 aromatic heterocycles. The second-order valence-electron chi connectivity index (χ2n) is 15.6. The van der Waals surface area contributed by atoms with E-state index in [1.807, 2.05) is 6.92 Å². The maximum Gasteiger partial charge on any atom is 0.358 e. The minimum atomic E-state index is -0.467. The van der Waals surface area contributed by atoms with E-state index in [1.165, 1.54) is 84.1 Å². The molecule has 3 unspecified atom stereocenters. The first-order valence-corrected chi connectivity index (χ1v) is 19.2. The molecule has 3 aliphatic carbocycles. The van der Waals surface area contributed by atoms with Gasteiger partial charge in [-0.25, -0.2) is 14.8 Å². The maximum absolute atomic E-state index is 12.8. The van der Waals surface area contributed by atoms with Crippen molar-refractivity contribution in [3.63, 3.8) is 0 Å². The summed E-state index contributed by atoms with van der Waals surface area (Å²) in [6, 6.07) is 53.4. The highest BCUT2D eigenvalue weighted by Crippen LogP contribution is 2.78. The van der Waals surface area contributed by atoms with E-state index >= 15 is 0 Å². The van der Waals surface area contributed by atoms with Crippen molar-refractivity contribution in [3.05, 3.63) is 190 Å². The predicted octanol–water partition coefficient (Wildman–Crippen LogP) is 10.8. The van der Waals surface area contributed by atoms with Crippen LogP contribution in [-0.4, -0.2) is 32.2 Å². The first-order chi connectivity index (χ1) is 27.6. The zero-order valence-corrected chi connectivity index (χ0v) is 30.6. The van der Waals surface area contributed by atoms with Crippen LogP contribution in [0.5, 0.6) is 0 Å². The topological polar surface area (TPSA) is 61.9 Å². The van der Waals surface area contributed by atoms with Crippen LogP contribution < -0.4 is 0 Å². The van der Waals surface area contributed by atoms with Crippen molar-refractivity contribution in [3.8, 4) is 11.4 Å². The normalized spacial score (nSPS) is 18.7. The van der Waals surface area contributed by atoms with Crippen molar-refractivity contribution in [2.45, 2.75) is 24.2 Å². The van der Waals surface area contributed by atoms with Gasteiger partial charge in [-0.2, -0.15) is 0 Å². The Morgan fingerprint density at radius 2 is 1.04 bits per heavy atom. The number of carbonyl (C=O) groups excluding carboxylic acids is 1. The summed E-state index contributed by atoms with van der Waals surface area (Å²) in [5.74, 6) is -0.206. The summed E-state index contributed by atoms with van der Waals surface area (Å²) in [5, 5.41) is 5.03. The average molecular weight is 721 g/mol. The van der Waals surface area contributed by atoms with Crippen molar-refractivity contribution in [1.29, 1.82) is 0 Å². The third-order valence-electron chi connectivity index (χ3n) is 13.2.